The molecule has 3 aromatic carbocycles. The molecule has 2 atom stereocenters. The molecule has 0 saturated carbocycles. The van der Waals surface area contributed by atoms with Crippen molar-refractivity contribution in [1.82, 2.24) is 4.90 Å². The zero-order chi connectivity index (χ0) is 25.5. The van der Waals surface area contributed by atoms with E-state index in [0.29, 0.717) is 0 Å². The fourth-order valence-corrected chi connectivity index (χ4v) is 5.61. The second-order valence-corrected chi connectivity index (χ2v) is 9.94. The van der Waals surface area contributed by atoms with Crippen LogP contribution in [0.4, 0.5) is 0 Å². The number of methoxy groups -OCH3 is 1. The molecule has 0 radical (unpaired) electrons. The predicted octanol–water partition coefficient (Wildman–Crippen LogP) is 8.03. The molecule has 1 saturated heterocycles. The summed E-state index contributed by atoms with van der Waals surface area (Å²) in [4.78, 5) is 2.48. The van der Waals surface area contributed by atoms with Crippen LogP contribution in [0.3, 0.4) is 0 Å². The van der Waals surface area contributed by atoms with Crippen molar-refractivity contribution in [3.8, 4) is 17.2 Å². The first kappa shape index (κ1) is 27.5. The van der Waals surface area contributed by atoms with E-state index in [4.69, 9.17) is 14.2 Å². The largest absolute Gasteiger partial charge is 0.497 e. The Labute approximate surface area is 239 Å². The van der Waals surface area contributed by atoms with E-state index in [1.165, 1.54) is 42.6 Å². The van der Waals surface area contributed by atoms with Gasteiger partial charge in [-0.1, -0.05) is 48.5 Å². The van der Waals surface area contributed by atoms with Crippen molar-refractivity contribution in [3.63, 3.8) is 0 Å². The van der Waals surface area contributed by atoms with E-state index >= 15 is 0 Å². The van der Waals surface area contributed by atoms with Crippen LogP contribution in [0.15, 0.2) is 72.8 Å². The predicted molar refractivity (Wildman–Crippen MR) is 164 cm³/mol. The van der Waals surface area contributed by atoms with Gasteiger partial charge in [0.2, 0.25) is 0 Å². The number of ether oxygens (including phenoxy) is 3. The van der Waals surface area contributed by atoms with Crippen LogP contribution in [0, 0.1) is 0 Å². The molecular weight excluding hydrogens is 676 g/mol. The lowest BCUT2D eigenvalue weighted by molar-refractivity contribution is 0.0528. The van der Waals surface area contributed by atoms with Crippen molar-refractivity contribution in [3.05, 3.63) is 89.5 Å². The van der Waals surface area contributed by atoms with Gasteiger partial charge in [0.1, 0.15) is 29.5 Å². The quantitative estimate of drug-likeness (QED) is 0.233. The van der Waals surface area contributed by atoms with Gasteiger partial charge in [-0.15, -0.1) is 0 Å². The Bertz CT molecular complexity index is 1100. The van der Waals surface area contributed by atoms with Crippen molar-refractivity contribution in [2.75, 3.05) is 33.4 Å². The molecular formula is C30H35I2NO3. The standard InChI is InChI=1S/C30H35NO3.I2/c1-30(2)29(23-9-5-4-6-10-23)28(26-16-15-25(32-3)21-27(26)34-30)22-11-13-24(14-12-22)33-20-19-31-17-7-8-18-31;1-2/h4-6,9-16,21,28-29H,7-8,17-20H2,1-3H3;/t28-,29?;/m1./s1. The number of benzene rings is 3. The average molecular weight is 711 g/mol. The molecule has 192 valence electrons. The molecule has 0 spiro atoms. The van der Waals surface area contributed by atoms with Crippen LogP contribution < -0.4 is 14.2 Å². The molecule has 0 N–H and O–H groups in total. The highest BCUT2D eigenvalue weighted by Gasteiger charge is 2.45. The number of fused-ring (bicyclic) bond motifs is 1. The molecule has 36 heavy (non-hydrogen) atoms. The Morgan fingerprint density at radius 1 is 0.889 bits per heavy atom. The number of likely N-dealkylation sites (tertiary alicyclic amines) is 1. The lowest BCUT2D eigenvalue weighted by Crippen LogP contribution is -2.43. The van der Waals surface area contributed by atoms with Crippen LogP contribution in [-0.4, -0.2) is 43.9 Å². The number of nitrogens with zero attached hydrogens (tertiary/aromatic N) is 1. The van der Waals surface area contributed by atoms with Crippen molar-refractivity contribution < 1.29 is 14.2 Å². The highest BCUT2D eigenvalue weighted by Crippen LogP contribution is 2.53. The normalized spacial score (nSPS) is 20.5. The summed E-state index contributed by atoms with van der Waals surface area (Å²) in [7, 11) is 1.70. The van der Waals surface area contributed by atoms with E-state index in [2.05, 4.69) is 117 Å². The third-order valence-corrected chi connectivity index (χ3v) is 7.28. The fourth-order valence-electron chi connectivity index (χ4n) is 5.61. The van der Waals surface area contributed by atoms with E-state index in [-0.39, 0.29) is 11.8 Å². The first-order valence-corrected chi connectivity index (χ1v) is 18.8. The van der Waals surface area contributed by atoms with Gasteiger partial charge in [0, 0.05) is 67.2 Å². The molecule has 0 aliphatic carbocycles. The first-order valence-electron chi connectivity index (χ1n) is 12.6. The van der Waals surface area contributed by atoms with E-state index in [9.17, 15) is 0 Å². The topological polar surface area (TPSA) is 30.9 Å². The summed E-state index contributed by atoms with van der Waals surface area (Å²) < 4.78 is 18.2. The second-order valence-electron chi connectivity index (χ2n) is 9.94. The average Bonchev–Trinajstić information content (AvgIpc) is 3.43. The van der Waals surface area contributed by atoms with Gasteiger partial charge in [-0.05, 0) is 69.1 Å². The van der Waals surface area contributed by atoms with Gasteiger partial charge in [0.15, 0.2) is 0 Å². The number of hydrogen-bond donors (Lipinski definition) is 0. The van der Waals surface area contributed by atoms with Crippen molar-refractivity contribution in [2.45, 2.75) is 44.1 Å². The maximum absolute atomic E-state index is 6.60. The van der Waals surface area contributed by atoms with E-state index in [1.54, 1.807) is 7.11 Å². The van der Waals surface area contributed by atoms with Gasteiger partial charge in [-0.2, -0.15) is 0 Å². The Morgan fingerprint density at radius 3 is 2.22 bits per heavy atom. The Morgan fingerprint density at radius 2 is 1.56 bits per heavy atom. The molecule has 2 heterocycles. The smallest absolute Gasteiger partial charge is 0.127 e. The third kappa shape index (κ3) is 6.30. The molecule has 4 nitrogen and oxygen atoms in total. The van der Waals surface area contributed by atoms with Gasteiger partial charge >= 0.3 is 0 Å². The lowest BCUT2D eigenvalue weighted by Gasteiger charge is -2.45. The summed E-state index contributed by atoms with van der Waals surface area (Å²) in [5, 5.41) is 0. The van der Waals surface area contributed by atoms with Crippen LogP contribution in [0.1, 0.15) is 55.2 Å². The molecule has 3 aromatic rings. The van der Waals surface area contributed by atoms with Gasteiger partial charge in [-0.25, -0.2) is 0 Å². The van der Waals surface area contributed by atoms with Crippen molar-refractivity contribution in [2.24, 2.45) is 0 Å². The highest BCUT2D eigenvalue weighted by atomic mass is 128. The number of rotatable bonds is 7. The molecule has 0 bridgehead atoms. The van der Waals surface area contributed by atoms with Crippen LogP contribution >= 0.6 is 37.2 Å². The summed E-state index contributed by atoms with van der Waals surface area (Å²) in [5.41, 5.74) is 3.35. The highest BCUT2D eigenvalue weighted by molar-refractivity contribution is 15.0. The van der Waals surface area contributed by atoms with Gasteiger partial charge in [0.25, 0.3) is 0 Å². The number of halogens is 2. The molecule has 6 heteroatoms. The van der Waals surface area contributed by atoms with E-state index < -0.39 is 5.60 Å². The van der Waals surface area contributed by atoms with Crippen molar-refractivity contribution >= 4 is 37.2 Å². The molecule has 2 aliphatic heterocycles. The minimum Gasteiger partial charge on any atom is -0.497 e. The summed E-state index contributed by atoms with van der Waals surface area (Å²) in [5.74, 6) is 2.96. The Balaban J connectivity index is 0.00000148. The van der Waals surface area contributed by atoms with Crippen LogP contribution in [0.2, 0.25) is 0 Å². The molecule has 1 unspecified atom stereocenters. The second kappa shape index (κ2) is 12.8. The summed E-state index contributed by atoms with van der Waals surface area (Å²) in [6.07, 6.45) is 2.62. The first-order chi connectivity index (χ1) is 17.5. The van der Waals surface area contributed by atoms with Gasteiger partial charge < -0.3 is 14.2 Å². The Hall–Kier alpha value is -1.52. The summed E-state index contributed by atoms with van der Waals surface area (Å²) >= 11 is 4.24. The maximum Gasteiger partial charge on any atom is 0.127 e. The minimum atomic E-state index is -0.393. The third-order valence-electron chi connectivity index (χ3n) is 7.28. The van der Waals surface area contributed by atoms with Crippen LogP contribution in [0.5, 0.6) is 17.2 Å². The van der Waals surface area contributed by atoms with Crippen molar-refractivity contribution in [1.29, 1.82) is 0 Å². The minimum absolute atomic E-state index is 0.158. The van der Waals surface area contributed by atoms with Crippen LogP contribution in [-0.2, 0) is 0 Å². The van der Waals surface area contributed by atoms with Gasteiger partial charge in [0.05, 0.1) is 7.11 Å². The summed E-state index contributed by atoms with van der Waals surface area (Å²) in [6.45, 7) is 8.52. The zero-order valence-corrected chi connectivity index (χ0v) is 25.6. The maximum atomic E-state index is 6.60. The van der Waals surface area contributed by atoms with E-state index in [0.717, 1.165) is 30.4 Å². The number of hydrogen-bond acceptors (Lipinski definition) is 4. The molecule has 0 aromatic heterocycles. The summed E-state index contributed by atoms with van der Waals surface area (Å²) in [6, 6.07) is 25.6. The zero-order valence-electron chi connectivity index (χ0n) is 21.3. The molecule has 0 amide bonds. The molecule has 1 fully saturated rings. The van der Waals surface area contributed by atoms with Crippen LogP contribution in [0.25, 0.3) is 0 Å². The monoisotopic (exact) mass is 711 g/mol. The SMILES string of the molecule is COc1ccc2c(c1)OC(C)(C)C(c1ccccc1)[C@@H]2c1ccc(OCCN2CCCC2)cc1.II. The molecule has 5 rings (SSSR count). The fraction of sp³-hybridized carbons (Fsp3) is 0.400. The Kier molecular flexibility index (Phi) is 9.80. The lowest BCUT2D eigenvalue weighted by atomic mass is 9.68. The molecule has 2 aliphatic rings. The van der Waals surface area contributed by atoms with E-state index in [1.807, 2.05) is 12.1 Å². The van der Waals surface area contributed by atoms with Gasteiger partial charge in [-0.3, -0.25) is 4.90 Å².